The summed E-state index contributed by atoms with van der Waals surface area (Å²) < 4.78 is 5.56. The van der Waals surface area contributed by atoms with E-state index in [9.17, 15) is 4.79 Å². The topological polar surface area (TPSA) is 26.3 Å². The first-order valence-electron chi connectivity index (χ1n) is 7.13. The van der Waals surface area contributed by atoms with Crippen molar-refractivity contribution >= 4 is 5.97 Å². The second kappa shape index (κ2) is 4.86. The lowest BCUT2D eigenvalue weighted by atomic mass is 9.61. The highest BCUT2D eigenvalue weighted by atomic mass is 16.5. The molecule has 0 aliphatic heterocycles. The summed E-state index contributed by atoms with van der Waals surface area (Å²) >= 11 is 0. The lowest BCUT2D eigenvalue weighted by Gasteiger charge is -2.43. The van der Waals surface area contributed by atoms with Crippen LogP contribution in [0.15, 0.2) is 0 Å². The van der Waals surface area contributed by atoms with Gasteiger partial charge in [-0.05, 0) is 42.9 Å². The van der Waals surface area contributed by atoms with Crippen LogP contribution < -0.4 is 0 Å². The van der Waals surface area contributed by atoms with Crippen molar-refractivity contribution < 1.29 is 9.53 Å². The van der Waals surface area contributed by atoms with Crippen LogP contribution in [0.1, 0.15) is 67.7 Å². The van der Waals surface area contributed by atoms with Gasteiger partial charge in [-0.1, -0.05) is 41.5 Å². The highest BCUT2D eigenvalue weighted by molar-refractivity contribution is 5.77. The van der Waals surface area contributed by atoms with E-state index >= 15 is 0 Å². The van der Waals surface area contributed by atoms with Crippen molar-refractivity contribution in [2.45, 2.75) is 67.7 Å². The van der Waals surface area contributed by atoms with Crippen molar-refractivity contribution in [2.75, 3.05) is 6.61 Å². The first-order valence-corrected chi connectivity index (χ1v) is 7.13. The molecule has 2 nitrogen and oxygen atoms in total. The maximum Gasteiger partial charge on any atom is 0.312 e. The summed E-state index contributed by atoms with van der Waals surface area (Å²) in [7, 11) is 0. The first kappa shape index (κ1) is 15.5. The third-order valence-corrected chi connectivity index (χ3v) is 4.14. The fourth-order valence-electron chi connectivity index (χ4n) is 2.34. The summed E-state index contributed by atoms with van der Waals surface area (Å²) in [4.78, 5) is 12.5. The van der Waals surface area contributed by atoms with E-state index in [0.717, 1.165) is 6.42 Å². The number of hydrogen-bond donors (Lipinski definition) is 0. The molecule has 1 unspecified atom stereocenters. The Hall–Kier alpha value is -0.530. The average molecular weight is 254 g/mol. The lowest BCUT2D eigenvalue weighted by molar-refractivity contribution is -0.165. The number of rotatable bonds is 4. The molecule has 106 valence electrons. The maximum absolute atomic E-state index is 12.5. The summed E-state index contributed by atoms with van der Waals surface area (Å²) in [6.07, 6.45) is 3.30. The normalized spacial score (nSPS) is 20.4. The molecule has 18 heavy (non-hydrogen) atoms. The van der Waals surface area contributed by atoms with E-state index in [-0.39, 0.29) is 16.8 Å². The Bertz CT molecular complexity index is 302. The Balaban J connectivity index is 2.78. The van der Waals surface area contributed by atoms with Crippen LogP contribution in [0.3, 0.4) is 0 Å². The quantitative estimate of drug-likeness (QED) is 0.694. The van der Waals surface area contributed by atoms with E-state index < -0.39 is 5.41 Å². The van der Waals surface area contributed by atoms with Crippen LogP contribution in [0.2, 0.25) is 0 Å². The molecule has 0 aromatic carbocycles. The maximum atomic E-state index is 12.5. The van der Waals surface area contributed by atoms with Gasteiger partial charge in [-0.3, -0.25) is 4.79 Å². The van der Waals surface area contributed by atoms with E-state index in [1.807, 2.05) is 0 Å². The molecule has 1 saturated carbocycles. The number of carbonyl (C=O) groups excluding carboxylic acids is 1. The molecule has 1 aliphatic carbocycles. The zero-order valence-electron chi connectivity index (χ0n) is 13.2. The van der Waals surface area contributed by atoms with E-state index in [0.29, 0.717) is 12.5 Å². The second-order valence-electron chi connectivity index (χ2n) is 8.36. The van der Waals surface area contributed by atoms with E-state index in [4.69, 9.17) is 4.74 Å². The lowest BCUT2D eigenvalue weighted by Crippen LogP contribution is -2.44. The minimum absolute atomic E-state index is 0.0168. The first-order chi connectivity index (χ1) is 7.96. The minimum Gasteiger partial charge on any atom is -0.465 e. The van der Waals surface area contributed by atoms with Gasteiger partial charge in [-0.25, -0.2) is 0 Å². The Morgan fingerprint density at radius 2 is 1.56 bits per heavy atom. The Morgan fingerprint density at radius 1 is 1.06 bits per heavy atom. The Labute approximate surface area is 112 Å². The van der Waals surface area contributed by atoms with E-state index in [1.54, 1.807) is 0 Å². The van der Waals surface area contributed by atoms with Crippen LogP contribution in [-0.4, -0.2) is 12.6 Å². The number of carbonyl (C=O) groups is 1. The van der Waals surface area contributed by atoms with Crippen molar-refractivity contribution in [3.8, 4) is 0 Å². The molecule has 1 aliphatic rings. The monoisotopic (exact) mass is 254 g/mol. The zero-order valence-corrected chi connectivity index (χ0v) is 13.2. The van der Waals surface area contributed by atoms with Crippen LogP contribution in [-0.2, 0) is 9.53 Å². The molecular weight excluding hydrogens is 224 g/mol. The van der Waals surface area contributed by atoms with Gasteiger partial charge < -0.3 is 4.74 Å². The fraction of sp³-hybridized carbons (Fsp3) is 0.938. The fourth-order valence-corrected chi connectivity index (χ4v) is 2.34. The van der Waals surface area contributed by atoms with E-state index in [1.165, 1.54) is 12.8 Å². The molecule has 1 fully saturated rings. The zero-order chi connectivity index (χ0) is 14.2. The van der Waals surface area contributed by atoms with Gasteiger partial charge in [0.05, 0.1) is 12.0 Å². The summed E-state index contributed by atoms with van der Waals surface area (Å²) in [6.45, 7) is 15.6. The minimum atomic E-state index is -0.417. The standard InChI is InChI=1S/C16H30O2/c1-14(2,3)11-16(7,15(4,5)6)13(17)18-10-12-8-9-12/h12H,8-11H2,1-7H3. The van der Waals surface area contributed by atoms with Gasteiger partial charge >= 0.3 is 5.97 Å². The highest BCUT2D eigenvalue weighted by Gasteiger charge is 2.48. The van der Waals surface area contributed by atoms with Crippen molar-refractivity contribution in [1.29, 1.82) is 0 Å². The van der Waals surface area contributed by atoms with Gasteiger partial charge in [0.1, 0.15) is 0 Å². The van der Waals surface area contributed by atoms with Crippen LogP contribution in [0, 0.1) is 22.2 Å². The molecule has 0 N–H and O–H groups in total. The molecule has 0 amide bonds. The molecule has 0 radical (unpaired) electrons. The molecular formula is C16H30O2. The number of hydrogen-bond acceptors (Lipinski definition) is 2. The molecule has 0 saturated heterocycles. The molecule has 1 rings (SSSR count). The summed E-state index contributed by atoms with van der Waals surface area (Å²) in [6, 6.07) is 0. The predicted octanol–water partition coefficient (Wildman–Crippen LogP) is 4.43. The molecule has 1 atom stereocenters. The third-order valence-electron chi connectivity index (χ3n) is 4.14. The third kappa shape index (κ3) is 4.00. The summed E-state index contributed by atoms with van der Waals surface area (Å²) in [5.74, 6) is 0.615. The molecule has 0 spiro atoms. The van der Waals surface area contributed by atoms with Crippen LogP contribution in [0.4, 0.5) is 0 Å². The summed E-state index contributed by atoms with van der Waals surface area (Å²) in [5.41, 5.74) is -0.373. The van der Waals surface area contributed by atoms with Gasteiger partial charge in [0.25, 0.3) is 0 Å². The molecule has 0 aromatic rings. The van der Waals surface area contributed by atoms with Gasteiger partial charge in [0.2, 0.25) is 0 Å². The van der Waals surface area contributed by atoms with Gasteiger partial charge in [-0.2, -0.15) is 0 Å². The Kier molecular flexibility index (Phi) is 4.19. The van der Waals surface area contributed by atoms with Crippen molar-refractivity contribution in [2.24, 2.45) is 22.2 Å². The van der Waals surface area contributed by atoms with Crippen LogP contribution in [0.5, 0.6) is 0 Å². The average Bonchev–Trinajstić information content (AvgIpc) is 2.92. The number of ether oxygens (including phenoxy) is 1. The SMILES string of the molecule is CC(C)(C)CC(C)(C(=O)OCC1CC1)C(C)(C)C. The smallest absolute Gasteiger partial charge is 0.312 e. The van der Waals surface area contributed by atoms with Crippen molar-refractivity contribution in [3.05, 3.63) is 0 Å². The molecule has 2 heteroatoms. The van der Waals surface area contributed by atoms with Crippen molar-refractivity contribution in [3.63, 3.8) is 0 Å². The number of esters is 1. The van der Waals surface area contributed by atoms with Crippen LogP contribution in [0.25, 0.3) is 0 Å². The highest BCUT2D eigenvalue weighted by Crippen LogP contribution is 2.47. The van der Waals surface area contributed by atoms with Gasteiger partial charge in [0, 0.05) is 0 Å². The predicted molar refractivity (Wildman–Crippen MR) is 75.3 cm³/mol. The molecule has 0 aromatic heterocycles. The van der Waals surface area contributed by atoms with Crippen LogP contribution >= 0.6 is 0 Å². The second-order valence-corrected chi connectivity index (χ2v) is 8.36. The Morgan fingerprint density at radius 3 is 1.89 bits per heavy atom. The summed E-state index contributed by atoms with van der Waals surface area (Å²) in [5, 5.41) is 0. The molecule has 0 bridgehead atoms. The molecule has 0 heterocycles. The largest absolute Gasteiger partial charge is 0.465 e. The van der Waals surface area contributed by atoms with E-state index in [2.05, 4.69) is 48.5 Å². The van der Waals surface area contributed by atoms with Crippen molar-refractivity contribution in [1.82, 2.24) is 0 Å². The van der Waals surface area contributed by atoms with Gasteiger partial charge in [0.15, 0.2) is 0 Å². The van der Waals surface area contributed by atoms with Gasteiger partial charge in [-0.15, -0.1) is 0 Å².